The molecule has 1 N–H and O–H groups in total. The summed E-state index contributed by atoms with van der Waals surface area (Å²) in [5.74, 6) is 1.05. The monoisotopic (exact) mass is 372 g/mol. The van der Waals surface area contributed by atoms with E-state index in [2.05, 4.69) is 80.2 Å². The second-order valence-corrected chi connectivity index (χ2v) is 7.69. The first kappa shape index (κ1) is 16.3. The zero-order valence-electron chi connectivity index (χ0n) is 14.9. The largest absolute Gasteiger partial charge is 0.380 e. The van der Waals surface area contributed by atoms with E-state index in [1.807, 2.05) is 6.07 Å². The number of fused-ring (bicyclic) bond motifs is 1. The van der Waals surface area contributed by atoms with Crippen LogP contribution in [0.15, 0.2) is 72.4 Å². The maximum Gasteiger partial charge on any atom is 0.141 e. The van der Waals surface area contributed by atoms with Crippen molar-refractivity contribution in [2.75, 3.05) is 23.3 Å². The van der Waals surface area contributed by atoms with Crippen molar-refractivity contribution in [3.8, 4) is 11.1 Å². The van der Waals surface area contributed by atoms with Crippen molar-refractivity contribution in [1.82, 2.24) is 9.97 Å². The molecule has 0 bridgehead atoms. The molecule has 4 nitrogen and oxygen atoms in total. The van der Waals surface area contributed by atoms with Gasteiger partial charge in [-0.15, -0.1) is 11.3 Å². The van der Waals surface area contributed by atoms with Crippen molar-refractivity contribution in [3.63, 3.8) is 0 Å². The third-order valence-electron chi connectivity index (χ3n) is 5.07. The highest BCUT2D eigenvalue weighted by molar-refractivity contribution is 7.17. The van der Waals surface area contributed by atoms with Gasteiger partial charge in [-0.2, -0.15) is 0 Å². The first-order chi connectivity index (χ1) is 13.4. The molecule has 1 fully saturated rings. The van der Waals surface area contributed by atoms with Gasteiger partial charge in [0.15, 0.2) is 0 Å². The topological polar surface area (TPSA) is 41.0 Å². The second-order valence-electron chi connectivity index (χ2n) is 6.83. The molecule has 0 saturated carbocycles. The van der Waals surface area contributed by atoms with Gasteiger partial charge in [-0.25, -0.2) is 9.97 Å². The number of benzene rings is 2. The fraction of sp³-hybridized carbons (Fsp3) is 0.182. The fourth-order valence-electron chi connectivity index (χ4n) is 3.77. The summed E-state index contributed by atoms with van der Waals surface area (Å²) in [6.07, 6.45) is 2.80. The highest BCUT2D eigenvalue weighted by Gasteiger charge is 2.26. The van der Waals surface area contributed by atoms with E-state index in [1.165, 1.54) is 22.2 Å². The molecule has 1 unspecified atom stereocenters. The Morgan fingerprint density at radius 2 is 1.74 bits per heavy atom. The summed E-state index contributed by atoms with van der Waals surface area (Å²) >= 11 is 1.69. The minimum Gasteiger partial charge on any atom is -0.380 e. The van der Waals surface area contributed by atoms with Crippen molar-refractivity contribution in [1.29, 1.82) is 0 Å². The van der Waals surface area contributed by atoms with Gasteiger partial charge in [-0.05, 0) is 24.1 Å². The number of aromatic nitrogens is 2. The molecule has 2 aromatic carbocycles. The van der Waals surface area contributed by atoms with Crippen LogP contribution in [-0.4, -0.2) is 29.1 Å². The van der Waals surface area contributed by atoms with Crippen LogP contribution in [0, 0.1) is 0 Å². The van der Waals surface area contributed by atoms with Gasteiger partial charge in [0.25, 0.3) is 0 Å². The maximum atomic E-state index is 4.68. The molecule has 0 aliphatic carbocycles. The lowest BCUT2D eigenvalue weighted by Gasteiger charge is -2.20. The van der Waals surface area contributed by atoms with Gasteiger partial charge in [0.2, 0.25) is 0 Å². The Morgan fingerprint density at radius 1 is 0.963 bits per heavy atom. The number of anilines is 2. The van der Waals surface area contributed by atoms with Crippen LogP contribution in [-0.2, 0) is 0 Å². The number of hydrogen-bond acceptors (Lipinski definition) is 5. The lowest BCUT2D eigenvalue weighted by Crippen LogP contribution is -2.26. The van der Waals surface area contributed by atoms with Crippen molar-refractivity contribution in [3.05, 3.63) is 72.4 Å². The average Bonchev–Trinajstić information content (AvgIpc) is 3.36. The molecule has 1 saturated heterocycles. The van der Waals surface area contributed by atoms with Gasteiger partial charge in [-0.1, -0.05) is 48.5 Å². The van der Waals surface area contributed by atoms with Gasteiger partial charge < -0.3 is 10.2 Å². The molecule has 1 atom stereocenters. The highest BCUT2D eigenvalue weighted by atomic mass is 32.1. The van der Waals surface area contributed by atoms with E-state index in [9.17, 15) is 0 Å². The maximum absolute atomic E-state index is 4.68. The molecule has 134 valence electrons. The lowest BCUT2D eigenvalue weighted by molar-refractivity contribution is 0.806. The third-order valence-corrected chi connectivity index (χ3v) is 5.95. The van der Waals surface area contributed by atoms with E-state index in [-0.39, 0.29) is 0 Å². The molecule has 2 aromatic heterocycles. The minimum absolute atomic E-state index is 0.427. The van der Waals surface area contributed by atoms with E-state index in [4.69, 9.17) is 0 Å². The Hall–Kier alpha value is -2.92. The van der Waals surface area contributed by atoms with Crippen LogP contribution in [0.5, 0.6) is 0 Å². The van der Waals surface area contributed by atoms with Crippen molar-refractivity contribution < 1.29 is 0 Å². The highest BCUT2D eigenvalue weighted by Crippen LogP contribution is 2.38. The molecule has 5 rings (SSSR count). The van der Waals surface area contributed by atoms with Gasteiger partial charge in [0, 0.05) is 35.8 Å². The van der Waals surface area contributed by atoms with E-state index in [0.29, 0.717) is 6.04 Å². The summed E-state index contributed by atoms with van der Waals surface area (Å²) in [6, 6.07) is 21.4. The molecule has 0 amide bonds. The molecule has 0 spiro atoms. The Kier molecular flexibility index (Phi) is 4.22. The second kappa shape index (κ2) is 7.00. The number of hydrogen-bond donors (Lipinski definition) is 1. The van der Waals surface area contributed by atoms with E-state index < -0.39 is 0 Å². The number of nitrogens with zero attached hydrogens (tertiary/aromatic N) is 3. The zero-order chi connectivity index (χ0) is 18.1. The van der Waals surface area contributed by atoms with Crippen LogP contribution in [0.4, 0.5) is 11.5 Å². The van der Waals surface area contributed by atoms with Crippen molar-refractivity contribution in [2.24, 2.45) is 0 Å². The summed E-state index contributed by atoms with van der Waals surface area (Å²) in [4.78, 5) is 12.6. The summed E-state index contributed by atoms with van der Waals surface area (Å²) in [5.41, 5.74) is 3.63. The SMILES string of the molecule is c1ccc(NC2CCN(c3ncnc4scc(-c5ccccc5)c34)C2)cc1. The number of para-hydroxylation sites is 1. The van der Waals surface area contributed by atoms with E-state index >= 15 is 0 Å². The van der Waals surface area contributed by atoms with Gasteiger partial charge >= 0.3 is 0 Å². The van der Waals surface area contributed by atoms with E-state index in [0.717, 1.165) is 30.2 Å². The van der Waals surface area contributed by atoms with Crippen LogP contribution in [0.3, 0.4) is 0 Å². The van der Waals surface area contributed by atoms with Crippen LogP contribution in [0.25, 0.3) is 21.3 Å². The van der Waals surface area contributed by atoms with Crippen molar-refractivity contribution >= 4 is 33.1 Å². The number of rotatable bonds is 4. The quantitative estimate of drug-likeness (QED) is 0.544. The van der Waals surface area contributed by atoms with Crippen LogP contribution >= 0.6 is 11.3 Å². The molecule has 3 heterocycles. The molecular weight excluding hydrogens is 352 g/mol. The van der Waals surface area contributed by atoms with Gasteiger partial charge in [0.05, 0.1) is 5.39 Å². The minimum atomic E-state index is 0.427. The molecular formula is C22H20N4S. The van der Waals surface area contributed by atoms with E-state index in [1.54, 1.807) is 17.7 Å². The standard InChI is InChI=1S/C22H20N4S/c1-3-7-16(8-4-1)19-14-27-22-20(19)21(23-15-24-22)26-12-11-18(13-26)25-17-9-5-2-6-10-17/h1-10,14-15,18,25H,11-13H2. The molecule has 0 radical (unpaired) electrons. The van der Waals surface area contributed by atoms with Crippen LogP contribution in [0.1, 0.15) is 6.42 Å². The first-order valence-electron chi connectivity index (χ1n) is 9.22. The zero-order valence-corrected chi connectivity index (χ0v) is 15.7. The summed E-state index contributed by atoms with van der Waals surface area (Å²) in [6.45, 7) is 1.95. The Bertz CT molecular complexity index is 1050. The Labute approximate surface area is 162 Å². The fourth-order valence-corrected chi connectivity index (χ4v) is 4.68. The predicted molar refractivity (Wildman–Crippen MR) is 114 cm³/mol. The Balaban J connectivity index is 1.46. The summed E-state index contributed by atoms with van der Waals surface area (Å²) in [7, 11) is 0. The Morgan fingerprint density at radius 3 is 2.56 bits per heavy atom. The summed E-state index contributed by atoms with van der Waals surface area (Å²) in [5, 5.41) is 7.02. The first-order valence-corrected chi connectivity index (χ1v) is 10.1. The molecule has 4 aromatic rings. The predicted octanol–water partition coefficient (Wildman–Crippen LogP) is 5.05. The smallest absolute Gasteiger partial charge is 0.141 e. The van der Waals surface area contributed by atoms with Crippen molar-refractivity contribution in [2.45, 2.75) is 12.5 Å². The number of thiophene rings is 1. The normalized spacial score (nSPS) is 16.7. The average molecular weight is 372 g/mol. The third kappa shape index (κ3) is 3.15. The number of nitrogens with one attached hydrogen (secondary N) is 1. The van der Waals surface area contributed by atoms with Crippen LogP contribution in [0.2, 0.25) is 0 Å². The van der Waals surface area contributed by atoms with Crippen LogP contribution < -0.4 is 10.2 Å². The van der Waals surface area contributed by atoms with Gasteiger partial charge in [-0.3, -0.25) is 0 Å². The molecule has 1 aliphatic rings. The summed E-state index contributed by atoms with van der Waals surface area (Å²) < 4.78 is 0. The van der Waals surface area contributed by atoms with Gasteiger partial charge in [0.1, 0.15) is 17.0 Å². The molecule has 5 heteroatoms. The molecule has 1 aliphatic heterocycles. The lowest BCUT2D eigenvalue weighted by atomic mass is 10.1. The molecule has 27 heavy (non-hydrogen) atoms.